The smallest absolute Gasteiger partial charge is 0.279 e. The molecule has 1 unspecified atom stereocenters. The third-order valence-corrected chi connectivity index (χ3v) is 5.08. The molecule has 2 N–H and O–H groups in total. The zero-order valence-corrected chi connectivity index (χ0v) is 17.4. The average Bonchev–Trinajstić information content (AvgIpc) is 2.91. The van der Waals surface area contributed by atoms with Crippen molar-refractivity contribution in [3.8, 4) is 0 Å². The van der Waals surface area contributed by atoms with Crippen molar-refractivity contribution in [3.05, 3.63) is 75.8 Å². The fraction of sp³-hybridized carbons (Fsp3) is 0.250. The Bertz CT molecular complexity index is 1010. The molecule has 3 rings (SSSR count). The van der Waals surface area contributed by atoms with E-state index in [0.29, 0.717) is 28.7 Å². The molecule has 0 saturated heterocycles. The van der Waals surface area contributed by atoms with Crippen molar-refractivity contribution in [1.29, 1.82) is 0 Å². The summed E-state index contributed by atoms with van der Waals surface area (Å²) in [5.74, 6) is 0.736. The lowest BCUT2D eigenvalue weighted by Gasteiger charge is -2.14. The Morgan fingerprint density at radius 1 is 1.18 bits per heavy atom. The Morgan fingerprint density at radius 3 is 2.57 bits per heavy atom. The van der Waals surface area contributed by atoms with Gasteiger partial charge in [0.1, 0.15) is 5.82 Å². The summed E-state index contributed by atoms with van der Waals surface area (Å²) < 4.78 is 4.42. The number of amides is 1. The van der Waals surface area contributed by atoms with Crippen molar-refractivity contribution in [3.63, 3.8) is 0 Å². The van der Waals surface area contributed by atoms with Crippen LogP contribution in [0.15, 0.2) is 54.6 Å². The van der Waals surface area contributed by atoms with E-state index in [1.165, 1.54) is 5.56 Å². The number of nitrogens with one attached hydrogen (secondary N) is 2. The molecule has 0 bridgehead atoms. The monoisotopic (exact) mass is 416 g/mol. The summed E-state index contributed by atoms with van der Waals surface area (Å²) in [5, 5.41) is 7.91. The number of hydrogen-bond acceptors (Lipinski definition) is 3. The zero-order chi connectivity index (χ0) is 20.1. The lowest BCUT2D eigenvalue weighted by molar-refractivity contribution is -0.895. The molecule has 1 atom stereocenters. The van der Waals surface area contributed by atoms with Gasteiger partial charge in [0.2, 0.25) is 4.77 Å². The molecule has 146 valence electrons. The van der Waals surface area contributed by atoms with E-state index in [1.54, 1.807) is 16.8 Å². The van der Waals surface area contributed by atoms with Crippen molar-refractivity contribution in [2.45, 2.75) is 20.1 Å². The molecule has 8 heteroatoms. The van der Waals surface area contributed by atoms with E-state index in [2.05, 4.69) is 22.5 Å². The number of anilines is 1. The van der Waals surface area contributed by atoms with Crippen molar-refractivity contribution in [2.24, 2.45) is 0 Å². The van der Waals surface area contributed by atoms with E-state index >= 15 is 0 Å². The predicted octanol–water partition coefficient (Wildman–Crippen LogP) is 2.54. The Hall–Kier alpha value is -2.48. The molecular weight excluding hydrogens is 394 g/mol. The second-order valence-corrected chi connectivity index (χ2v) is 7.49. The molecule has 28 heavy (non-hydrogen) atoms. The highest BCUT2D eigenvalue weighted by molar-refractivity contribution is 7.71. The minimum absolute atomic E-state index is 0.113. The Kier molecular flexibility index (Phi) is 6.61. The first-order valence-electron chi connectivity index (χ1n) is 8.98. The number of quaternary nitrogens is 1. The van der Waals surface area contributed by atoms with Gasteiger partial charge in [0.25, 0.3) is 5.91 Å². The molecular formula is C20H23ClN5OS+. The number of halogens is 1. The number of likely N-dealkylation sites (N-methyl/N-ethyl adjacent to an activating group) is 1. The van der Waals surface area contributed by atoms with Crippen molar-refractivity contribution >= 4 is 35.4 Å². The topological polar surface area (TPSA) is 56.3 Å². The second-order valence-electron chi connectivity index (χ2n) is 6.72. The van der Waals surface area contributed by atoms with Gasteiger partial charge in [0.05, 0.1) is 24.3 Å². The molecule has 0 saturated carbocycles. The fourth-order valence-electron chi connectivity index (χ4n) is 2.94. The Balaban J connectivity index is 1.63. The number of carbonyl (C=O) groups excluding carboxylic acids is 1. The second kappa shape index (κ2) is 9.14. The normalized spacial score (nSPS) is 12.0. The first-order chi connectivity index (χ1) is 13.4. The van der Waals surface area contributed by atoms with E-state index in [1.807, 2.05) is 48.9 Å². The van der Waals surface area contributed by atoms with E-state index in [4.69, 9.17) is 23.8 Å². The number of rotatable bonds is 7. The molecule has 3 aromatic rings. The highest BCUT2D eigenvalue weighted by atomic mass is 35.5. The van der Waals surface area contributed by atoms with Crippen LogP contribution in [0.3, 0.4) is 0 Å². The van der Waals surface area contributed by atoms with Crippen LogP contribution < -0.4 is 10.2 Å². The molecule has 1 amide bonds. The van der Waals surface area contributed by atoms with Crippen LogP contribution in [0.5, 0.6) is 0 Å². The number of aromatic nitrogens is 3. The van der Waals surface area contributed by atoms with Crippen LogP contribution in [0.25, 0.3) is 0 Å². The first kappa shape index (κ1) is 20.3. The van der Waals surface area contributed by atoms with Crippen LogP contribution in [-0.4, -0.2) is 33.8 Å². The highest BCUT2D eigenvalue weighted by Gasteiger charge is 2.15. The first-order valence-corrected chi connectivity index (χ1v) is 9.76. The summed E-state index contributed by atoms with van der Waals surface area (Å²) in [6.07, 6.45) is 0. The summed E-state index contributed by atoms with van der Waals surface area (Å²) in [6.45, 7) is 3.39. The lowest BCUT2D eigenvalue weighted by atomic mass is 10.2. The number of nitrogens with zero attached hydrogens (tertiary/aromatic N) is 3. The summed E-state index contributed by atoms with van der Waals surface area (Å²) in [5.41, 5.74) is 1.78. The predicted molar refractivity (Wildman–Crippen MR) is 113 cm³/mol. The summed E-state index contributed by atoms with van der Waals surface area (Å²) in [6, 6.07) is 17.3. The Labute approximate surface area is 174 Å². The standard InChI is InChI=1S/C20H22ClN5OS/c1-15-23-26(20(28)25(15)12-16-8-4-3-5-9-16)14-24(2)13-19(27)22-18-11-7-6-10-17(18)21/h3-11H,12-14H2,1-2H3,(H,22,27)/p+1. The van der Waals surface area contributed by atoms with Crippen LogP contribution in [0.4, 0.5) is 5.69 Å². The van der Waals surface area contributed by atoms with E-state index in [9.17, 15) is 4.79 Å². The SMILES string of the molecule is Cc1nn(C[NH+](C)CC(=O)Nc2ccccc2Cl)c(=S)n1Cc1ccccc1. The van der Waals surface area contributed by atoms with E-state index in [0.717, 1.165) is 10.7 Å². The molecule has 0 aliphatic heterocycles. The maximum absolute atomic E-state index is 12.3. The zero-order valence-electron chi connectivity index (χ0n) is 15.9. The maximum Gasteiger partial charge on any atom is 0.279 e. The lowest BCUT2D eigenvalue weighted by Crippen LogP contribution is -3.09. The average molecular weight is 417 g/mol. The van der Waals surface area contributed by atoms with Crippen LogP contribution in [-0.2, 0) is 18.0 Å². The number of benzene rings is 2. The van der Waals surface area contributed by atoms with Gasteiger partial charge in [-0.05, 0) is 36.8 Å². The summed E-state index contributed by atoms with van der Waals surface area (Å²) >= 11 is 11.7. The quantitative estimate of drug-likeness (QED) is 0.582. The molecule has 6 nitrogen and oxygen atoms in total. The van der Waals surface area contributed by atoms with Gasteiger partial charge in [0, 0.05) is 0 Å². The van der Waals surface area contributed by atoms with Crippen LogP contribution >= 0.6 is 23.8 Å². The van der Waals surface area contributed by atoms with Crippen molar-refractivity contribution in [2.75, 3.05) is 18.9 Å². The van der Waals surface area contributed by atoms with Crippen molar-refractivity contribution in [1.82, 2.24) is 14.3 Å². The highest BCUT2D eigenvalue weighted by Crippen LogP contribution is 2.19. The van der Waals surface area contributed by atoms with Gasteiger partial charge < -0.3 is 10.2 Å². The van der Waals surface area contributed by atoms with Crippen LogP contribution in [0, 0.1) is 11.7 Å². The van der Waals surface area contributed by atoms with Gasteiger partial charge >= 0.3 is 0 Å². The van der Waals surface area contributed by atoms with Gasteiger partial charge in [-0.1, -0.05) is 54.1 Å². The van der Waals surface area contributed by atoms with Gasteiger partial charge in [-0.3, -0.25) is 9.36 Å². The summed E-state index contributed by atoms with van der Waals surface area (Å²) in [7, 11) is 1.93. The largest absolute Gasteiger partial charge is 0.320 e. The molecule has 0 spiro atoms. The number of para-hydroxylation sites is 1. The van der Waals surface area contributed by atoms with Gasteiger partial charge in [-0.2, -0.15) is 9.78 Å². The molecule has 1 aromatic heterocycles. The van der Waals surface area contributed by atoms with E-state index < -0.39 is 0 Å². The fourth-order valence-corrected chi connectivity index (χ4v) is 3.43. The molecule has 0 aliphatic carbocycles. The molecule has 0 aliphatic rings. The van der Waals surface area contributed by atoms with Crippen LogP contribution in [0.2, 0.25) is 5.02 Å². The molecule has 2 aromatic carbocycles. The number of carbonyl (C=O) groups is 1. The minimum atomic E-state index is -0.113. The molecule has 0 radical (unpaired) electrons. The molecule has 1 heterocycles. The van der Waals surface area contributed by atoms with Gasteiger partial charge in [0.15, 0.2) is 13.2 Å². The maximum atomic E-state index is 12.3. The Morgan fingerprint density at radius 2 is 1.86 bits per heavy atom. The van der Waals surface area contributed by atoms with Gasteiger partial charge in [-0.15, -0.1) is 0 Å². The number of aryl methyl sites for hydroxylation is 1. The molecule has 0 fully saturated rings. The minimum Gasteiger partial charge on any atom is -0.320 e. The summed E-state index contributed by atoms with van der Waals surface area (Å²) in [4.78, 5) is 13.3. The van der Waals surface area contributed by atoms with Crippen molar-refractivity contribution < 1.29 is 9.69 Å². The number of hydrogen-bond donors (Lipinski definition) is 2. The van der Waals surface area contributed by atoms with E-state index in [-0.39, 0.29) is 12.5 Å². The third kappa shape index (κ3) is 5.07. The van der Waals surface area contributed by atoms with Gasteiger partial charge in [-0.25, -0.2) is 0 Å². The van der Waals surface area contributed by atoms with Crippen LogP contribution in [0.1, 0.15) is 11.4 Å². The third-order valence-electron chi connectivity index (χ3n) is 4.32.